The number of carboxylic acid groups (broad SMARTS) is 1. The molecule has 0 amide bonds. The SMILES string of the molecule is COc1cc(N=Nc2ccc(S(=O)O)cc2S(=O)(=O)O)c(C)cc1N=Nc1c(N)c(N=Nc2ccccc2S(=O)(=O)O)c(N)c(N=Nc2ccc(S(=O)O)cc2)c1C(=O)O. The van der Waals surface area contributed by atoms with Crippen LogP contribution in [0.4, 0.5) is 56.9 Å². The zero-order valence-corrected chi connectivity index (χ0v) is 33.6. The molecule has 0 saturated heterocycles. The molecular formula is C33H28N10O13S4. The smallest absolute Gasteiger partial charge is 0.340 e. The number of methoxy groups -OCH3 is 1. The summed E-state index contributed by atoms with van der Waals surface area (Å²) in [5.74, 6) is -1.72. The summed E-state index contributed by atoms with van der Waals surface area (Å²) in [6, 6.07) is 15.6. The maximum atomic E-state index is 12.8. The summed E-state index contributed by atoms with van der Waals surface area (Å²) >= 11 is -4.89. The Balaban J connectivity index is 1.66. The first-order valence-corrected chi connectivity index (χ1v) is 21.1. The Kier molecular flexibility index (Phi) is 13.4. The summed E-state index contributed by atoms with van der Waals surface area (Å²) < 4.78 is 114. The molecule has 0 radical (unpaired) electrons. The number of benzene rings is 5. The Morgan fingerprint density at radius 1 is 0.617 bits per heavy atom. The third-order valence-electron chi connectivity index (χ3n) is 7.84. The molecule has 0 aliphatic heterocycles. The minimum absolute atomic E-state index is 0.0315. The zero-order chi connectivity index (χ0) is 44.1. The van der Waals surface area contributed by atoms with Crippen molar-refractivity contribution in [2.45, 2.75) is 26.5 Å². The van der Waals surface area contributed by atoms with Crippen molar-refractivity contribution in [2.24, 2.45) is 40.9 Å². The largest absolute Gasteiger partial charge is 0.494 e. The highest BCUT2D eigenvalue weighted by atomic mass is 32.2. The zero-order valence-electron chi connectivity index (χ0n) is 30.4. The summed E-state index contributed by atoms with van der Waals surface area (Å²) in [4.78, 5) is 11.1. The van der Waals surface area contributed by atoms with Crippen LogP contribution in [0.25, 0.3) is 0 Å². The molecule has 2 atom stereocenters. The summed E-state index contributed by atoms with van der Waals surface area (Å²) in [6.45, 7) is 1.53. The standard InChI is InChI=1S/C33H28N10O13S4/c1-16-13-23(24(56-2)15-22(16)39-37-21-12-11-19(58(48)49)14-26(21)60(53,54)55)40-42-31-27(33(44)45)30(41-36-17-7-9-18(10-8-17)57(46)47)28(34)32(29(31)35)43-38-20-5-3-4-6-25(20)59(50,51)52/h3-15H,34-35H2,1-2H3,(H,44,45)(H,46,47)(H,48,49)(H,50,51,52)(H,53,54,55). The first-order chi connectivity index (χ1) is 28.2. The molecule has 23 nitrogen and oxygen atoms in total. The number of carbonyl (C=O) groups is 1. The molecule has 2 unspecified atom stereocenters. The number of rotatable bonds is 14. The van der Waals surface area contributed by atoms with Gasteiger partial charge >= 0.3 is 5.97 Å². The van der Waals surface area contributed by atoms with Crippen molar-refractivity contribution >= 4 is 105 Å². The third kappa shape index (κ3) is 10.2. The van der Waals surface area contributed by atoms with Crippen LogP contribution in [0.3, 0.4) is 0 Å². The Hall–Kier alpha value is -6.59. The predicted octanol–water partition coefficient (Wildman–Crippen LogP) is 8.18. The van der Waals surface area contributed by atoms with Crippen molar-refractivity contribution in [2.75, 3.05) is 18.6 Å². The summed E-state index contributed by atoms with van der Waals surface area (Å²) in [5, 5.41) is 42.3. The van der Waals surface area contributed by atoms with Crippen molar-refractivity contribution < 1.29 is 58.1 Å². The highest BCUT2D eigenvalue weighted by molar-refractivity contribution is 7.86. The molecule has 60 heavy (non-hydrogen) atoms. The number of hydrogen-bond acceptors (Lipinski definition) is 18. The number of nitrogens with two attached hydrogens (primary N) is 2. The number of carboxylic acids is 1. The van der Waals surface area contributed by atoms with Gasteiger partial charge in [0.05, 0.1) is 39.7 Å². The molecule has 0 aliphatic rings. The number of azo groups is 4. The van der Waals surface area contributed by atoms with E-state index in [1.54, 1.807) is 0 Å². The average Bonchev–Trinajstić information content (AvgIpc) is 3.18. The van der Waals surface area contributed by atoms with E-state index in [-0.39, 0.29) is 44.0 Å². The minimum Gasteiger partial charge on any atom is -0.494 e. The number of ether oxygens (including phenoxy) is 1. The van der Waals surface area contributed by atoms with Gasteiger partial charge in [0.25, 0.3) is 20.2 Å². The lowest BCUT2D eigenvalue weighted by atomic mass is 10.1. The van der Waals surface area contributed by atoms with Gasteiger partial charge in [-0.05, 0) is 73.2 Å². The topological polar surface area (TPSA) is 381 Å². The van der Waals surface area contributed by atoms with Gasteiger partial charge in [-0.25, -0.2) is 13.2 Å². The fraction of sp³-hybridized carbons (Fsp3) is 0.0606. The second-order valence-corrected chi connectivity index (χ2v) is 16.4. The van der Waals surface area contributed by atoms with E-state index >= 15 is 0 Å². The van der Waals surface area contributed by atoms with E-state index in [4.69, 9.17) is 16.2 Å². The molecule has 5 rings (SSSR count). The second kappa shape index (κ2) is 18.1. The Bertz CT molecular complexity index is 2940. The van der Waals surface area contributed by atoms with Gasteiger partial charge in [0, 0.05) is 6.07 Å². The van der Waals surface area contributed by atoms with E-state index in [2.05, 4.69) is 40.9 Å². The number of aryl methyl sites for hydroxylation is 1. The molecule has 0 heterocycles. The maximum Gasteiger partial charge on any atom is 0.340 e. The molecule has 0 spiro atoms. The minimum atomic E-state index is -4.92. The number of hydrogen-bond donors (Lipinski definition) is 7. The van der Waals surface area contributed by atoms with Crippen LogP contribution < -0.4 is 16.2 Å². The van der Waals surface area contributed by atoms with Crippen molar-refractivity contribution in [3.05, 3.63) is 90.0 Å². The van der Waals surface area contributed by atoms with E-state index < -0.39 is 92.2 Å². The molecule has 0 aromatic heterocycles. The van der Waals surface area contributed by atoms with Crippen LogP contribution in [0.1, 0.15) is 15.9 Å². The number of aromatic carboxylic acids is 1. The van der Waals surface area contributed by atoms with Gasteiger partial charge in [0.2, 0.25) is 0 Å². The van der Waals surface area contributed by atoms with Crippen LogP contribution in [0, 0.1) is 6.92 Å². The summed E-state index contributed by atoms with van der Waals surface area (Å²) in [6.07, 6.45) is 0. The van der Waals surface area contributed by atoms with E-state index in [0.29, 0.717) is 5.56 Å². The molecular weight excluding hydrogens is 873 g/mol. The van der Waals surface area contributed by atoms with Crippen molar-refractivity contribution in [1.29, 1.82) is 0 Å². The fourth-order valence-electron chi connectivity index (χ4n) is 4.98. The van der Waals surface area contributed by atoms with Crippen molar-refractivity contribution in [3.8, 4) is 5.75 Å². The van der Waals surface area contributed by atoms with Crippen LogP contribution in [-0.4, -0.2) is 61.7 Å². The van der Waals surface area contributed by atoms with Gasteiger partial charge < -0.3 is 30.4 Å². The molecule has 312 valence electrons. The van der Waals surface area contributed by atoms with Crippen LogP contribution in [-0.2, 0) is 42.4 Å². The first-order valence-electron chi connectivity index (χ1n) is 16.0. The Morgan fingerprint density at radius 3 is 1.68 bits per heavy atom. The van der Waals surface area contributed by atoms with Gasteiger partial charge in [-0.2, -0.15) is 27.1 Å². The molecule has 0 saturated carbocycles. The normalized spacial score (nSPS) is 13.4. The first kappa shape index (κ1) is 44.5. The maximum absolute atomic E-state index is 12.8. The summed E-state index contributed by atoms with van der Waals surface area (Å²) in [7, 11) is -8.48. The lowest BCUT2D eigenvalue weighted by Gasteiger charge is -2.13. The van der Waals surface area contributed by atoms with Crippen LogP contribution in [0.2, 0.25) is 0 Å². The van der Waals surface area contributed by atoms with E-state index in [0.717, 1.165) is 24.3 Å². The van der Waals surface area contributed by atoms with E-state index in [9.17, 15) is 53.4 Å². The molecule has 5 aromatic rings. The van der Waals surface area contributed by atoms with Crippen molar-refractivity contribution in [3.63, 3.8) is 0 Å². The predicted molar refractivity (Wildman–Crippen MR) is 214 cm³/mol. The van der Waals surface area contributed by atoms with Gasteiger partial charge in [-0.15, -0.1) is 30.7 Å². The molecule has 0 aliphatic carbocycles. The number of nitrogens with zero attached hydrogens (tertiary/aromatic N) is 8. The molecule has 9 N–H and O–H groups in total. The van der Waals surface area contributed by atoms with Crippen LogP contribution >= 0.6 is 0 Å². The van der Waals surface area contributed by atoms with Gasteiger partial charge in [-0.1, -0.05) is 12.1 Å². The highest BCUT2D eigenvalue weighted by Gasteiger charge is 2.27. The molecule has 27 heteroatoms. The highest BCUT2D eigenvalue weighted by Crippen LogP contribution is 2.50. The van der Waals surface area contributed by atoms with Crippen molar-refractivity contribution in [1.82, 2.24) is 0 Å². The summed E-state index contributed by atoms with van der Waals surface area (Å²) in [5.41, 5.74) is 8.98. The van der Waals surface area contributed by atoms with Gasteiger partial charge in [0.1, 0.15) is 55.2 Å². The molecule has 0 bridgehead atoms. The monoisotopic (exact) mass is 900 g/mol. The lowest BCUT2D eigenvalue weighted by Crippen LogP contribution is -2.04. The van der Waals surface area contributed by atoms with E-state index in [1.807, 2.05) is 0 Å². The number of anilines is 2. The van der Waals surface area contributed by atoms with Crippen LogP contribution in [0.15, 0.2) is 139 Å². The van der Waals surface area contributed by atoms with Crippen LogP contribution in [0.5, 0.6) is 5.75 Å². The lowest BCUT2D eigenvalue weighted by molar-refractivity contribution is 0.0698. The fourth-order valence-corrected chi connectivity index (χ4v) is 7.10. The third-order valence-corrected chi connectivity index (χ3v) is 11.0. The number of nitrogen functional groups attached to an aromatic ring is 2. The Labute approximate surface area is 343 Å². The van der Waals surface area contributed by atoms with Gasteiger partial charge in [0.15, 0.2) is 22.2 Å². The molecule has 0 fully saturated rings. The average molecular weight is 901 g/mol. The van der Waals surface area contributed by atoms with E-state index in [1.165, 1.54) is 68.6 Å². The quantitative estimate of drug-likeness (QED) is 0.0239. The molecule has 5 aromatic carbocycles. The second-order valence-electron chi connectivity index (χ2n) is 11.7. The van der Waals surface area contributed by atoms with Gasteiger partial charge in [-0.3, -0.25) is 9.11 Å². The Morgan fingerprint density at radius 2 is 1.12 bits per heavy atom.